The van der Waals surface area contributed by atoms with Crippen molar-refractivity contribution in [2.24, 2.45) is 12.8 Å². The molecule has 4 nitrogen and oxygen atoms in total. The van der Waals surface area contributed by atoms with Gasteiger partial charge in [0.15, 0.2) is 0 Å². The van der Waals surface area contributed by atoms with Crippen LogP contribution in [0.25, 0.3) is 0 Å². The van der Waals surface area contributed by atoms with Gasteiger partial charge in [-0.25, -0.2) is 0 Å². The van der Waals surface area contributed by atoms with Crippen molar-refractivity contribution in [3.8, 4) is 0 Å². The maximum Gasteiger partial charge on any atom is 0.130 e. The van der Waals surface area contributed by atoms with Gasteiger partial charge in [0.2, 0.25) is 0 Å². The van der Waals surface area contributed by atoms with Crippen molar-refractivity contribution < 1.29 is 0 Å². The molecule has 1 heterocycles. The second-order valence-electron chi connectivity index (χ2n) is 5.63. The zero-order chi connectivity index (χ0) is 13.8. The van der Waals surface area contributed by atoms with E-state index in [1.807, 2.05) is 0 Å². The molecule has 0 unspecified atom stereocenters. The lowest BCUT2D eigenvalue weighted by atomic mass is 9.94. The quantitative estimate of drug-likeness (QED) is 0.888. The van der Waals surface area contributed by atoms with Gasteiger partial charge in [-0.2, -0.15) is 5.10 Å². The van der Waals surface area contributed by atoms with Gasteiger partial charge in [0.1, 0.15) is 5.82 Å². The Labute approximate surface area is 117 Å². The smallest absolute Gasteiger partial charge is 0.130 e. The molecule has 0 bridgehead atoms. The van der Waals surface area contributed by atoms with Gasteiger partial charge in [-0.3, -0.25) is 4.68 Å². The molecule has 1 fully saturated rings. The Hall–Kier alpha value is -1.03. The average Bonchev–Trinajstić information content (AvgIpc) is 2.69. The first-order valence-corrected chi connectivity index (χ1v) is 7.68. The Morgan fingerprint density at radius 1 is 1.32 bits per heavy atom. The summed E-state index contributed by atoms with van der Waals surface area (Å²) in [6.07, 6.45) is 7.70. The molecule has 1 aliphatic carbocycles. The molecule has 0 saturated heterocycles. The summed E-state index contributed by atoms with van der Waals surface area (Å²) in [5, 5.41) is 4.61. The van der Waals surface area contributed by atoms with Gasteiger partial charge in [0.25, 0.3) is 0 Å². The van der Waals surface area contributed by atoms with Gasteiger partial charge in [-0.15, -0.1) is 0 Å². The molecule has 0 amide bonds. The lowest BCUT2D eigenvalue weighted by molar-refractivity contribution is 0.412. The van der Waals surface area contributed by atoms with Crippen LogP contribution in [0.15, 0.2) is 0 Å². The summed E-state index contributed by atoms with van der Waals surface area (Å²) >= 11 is 0. The maximum atomic E-state index is 5.77. The van der Waals surface area contributed by atoms with E-state index in [1.54, 1.807) is 0 Å². The Morgan fingerprint density at radius 3 is 2.58 bits per heavy atom. The van der Waals surface area contributed by atoms with Crippen LogP contribution in [0.1, 0.15) is 50.3 Å². The van der Waals surface area contributed by atoms with E-state index >= 15 is 0 Å². The summed E-state index contributed by atoms with van der Waals surface area (Å²) < 4.78 is 2.05. The minimum Gasteiger partial charge on any atom is -0.354 e. The highest BCUT2D eigenvalue weighted by Gasteiger charge is 2.25. The van der Waals surface area contributed by atoms with Crippen LogP contribution in [0.5, 0.6) is 0 Å². The maximum absolute atomic E-state index is 5.77. The molecule has 0 atom stereocenters. The van der Waals surface area contributed by atoms with E-state index in [2.05, 4.69) is 35.6 Å². The van der Waals surface area contributed by atoms with Crippen LogP contribution in [0.2, 0.25) is 0 Å². The Bertz CT molecular complexity index is 405. The Morgan fingerprint density at radius 2 is 2.00 bits per heavy atom. The van der Waals surface area contributed by atoms with Gasteiger partial charge in [0, 0.05) is 25.2 Å². The van der Waals surface area contributed by atoms with Crippen LogP contribution in [-0.2, 0) is 13.5 Å². The van der Waals surface area contributed by atoms with Crippen molar-refractivity contribution in [2.45, 2.75) is 58.4 Å². The largest absolute Gasteiger partial charge is 0.354 e. The SMILES string of the molecule is CCN(c1c(CCN)c(C)nn1C)C1CCCCC1. The molecule has 19 heavy (non-hydrogen) atoms. The van der Waals surface area contributed by atoms with Crippen molar-refractivity contribution in [3.63, 3.8) is 0 Å². The molecule has 2 N–H and O–H groups in total. The highest BCUT2D eigenvalue weighted by atomic mass is 15.4. The molecule has 108 valence electrons. The minimum atomic E-state index is 0.685. The number of hydrogen-bond acceptors (Lipinski definition) is 3. The lowest BCUT2D eigenvalue weighted by Crippen LogP contribution is -2.38. The second kappa shape index (κ2) is 6.42. The van der Waals surface area contributed by atoms with E-state index in [0.29, 0.717) is 12.6 Å². The van der Waals surface area contributed by atoms with Crippen LogP contribution < -0.4 is 10.6 Å². The van der Waals surface area contributed by atoms with Gasteiger partial charge in [-0.05, 0) is 39.7 Å². The molecule has 0 spiro atoms. The van der Waals surface area contributed by atoms with Gasteiger partial charge in [-0.1, -0.05) is 19.3 Å². The molecular weight excluding hydrogens is 236 g/mol. The van der Waals surface area contributed by atoms with Crippen molar-refractivity contribution in [1.82, 2.24) is 9.78 Å². The Kier molecular flexibility index (Phi) is 4.86. The number of hydrogen-bond donors (Lipinski definition) is 1. The summed E-state index contributed by atoms with van der Waals surface area (Å²) in [5.41, 5.74) is 8.25. The molecule has 1 saturated carbocycles. The molecule has 1 aromatic rings. The van der Waals surface area contributed by atoms with Crippen LogP contribution in [0.3, 0.4) is 0 Å². The van der Waals surface area contributed by atoms with Crippen LogP contribution >= 0.6 is 0 Å². The summed E-state index contributed by atoms with van der Waals surface area (Å²) in [7, 11) is 2.06. The third kappa shape index (κ3) is 2.94. The molecule has 0 aromatic carbocycles. The molecule has 1 aliphatic rings. The van der Waals surface area contributed by atoms with Crippen LogP contribution in [-0.4, -0.2) is 28.9 Å². The number of nitrogens with two attached hydrogens (primary N) is 1. The van der Waals surface area contributed by atoms with Crippen molar-refractivity contribution in [3.05, 3.63) is 11.3 Å². The minimum absolute atomic E-state index is 0.685. The molecule has 2 rings (SSSR count). The van der Waals surface area contributed by atoms with E-state index in [-0.39, 0.29) is 0 Å². The van der Waals surface area contributed by atoms with E-state index in [9.17, 15) is 0 Å². The first kappa shape index (κ1) is 14.4. The highest BCUT2D eigenvalue weighted by Crippen LogP contribution is 2.30. The van der Waals surface area contributed by atoms with Crippen molar-refractivity contribution >= 4 is 5.82 Å². The number of nitrogens with zero attached hydrogens (tertiary/aromatic N) is 3. The third-order valence-electron chi connectivity index (χ3n) is 4.34. The van der Waals surface area contributed by atoms with Crippen molar-refractivity contribution in [2.75, 3.05) is 18.0 Å². The Balaban J connectivity index is 2.30. The average molecular weight is 264 g/mol. The zero-order valence-corrected chi connectivity index (χ0v) is 12.7. The fourth-order valence-corrected chi connectivity index (χ4v) is 3.46. The first-order valence-electron chi connectivity index (χ1n) is 7.68. The fraction of sp³-hybridized carbons (Fsp3) is 0.800. The summed E-state index contributed by atoms with van der Waals surface area (Å²) in [6.45, 7) is 6.11. The first-order chi connectivity index (χ1) is 9.19. The molecule has 1 aromatic heterocycles. The molecule has 0 radical (unpaired) electrons. The zero-order valence-electron chi connectivity index (χ0n) is 12.7. The van der Waals surface area contributed by atoms with E-state index in [1.165, 1.54) is 43.5 Å². The van der Waals surface area contributed by atoms with E-state index in [0.717, 1.165) is 18.7 Å². The van der Waals surface area contributed by atoms with E-state index < -0.39 is 0 Å². The number of rotatable bonds is 5. The number of aryl methyl sites for hydroxylation is 2. The predicted octanol–water partition coefficient (Wildman–Crippen LogP) is 2.39. The third-order valence-corrected chi connectivity index (χ3v) is 4.34. The summed E-state index contributed by atoms with van der Waals surface area (Å²) in [5.74, 6) is 1.30. The fourth-order valence-electron chi connectivity index (χ4n) is 3.46. The van der Waals surface area contributed by atoms with E-state index in [4.69, 9.17) is 5.73 Å². The summed E-state index contributed by atoms with van der Waals surface area (Å²) in [6, 6.07) is 0.685. The highest BCUT2D eigenvalue weighted by molar-refractivity contribution is 5.51. The molecular formula is C15H28N4. The van der Waals surface area contributed by atoms with Gasteiger partial charge >= 0.3 is 0 Å². The monoisotopic (exact) mass is 264 g/mol. The second-order valence-corrected chi connectivity index (χ2v) is 5.63. The van der Waals surface area contributed by atoms with Crippen LogP contribution in [0.4, 0.5) is 5.82 Å². The number of aromatic nitrogens is 2. The normalized spacial score (nSPS) is 16.8. The lowest BCUT2D eigenvalue weighted by Gasteiger charge is -2.35. The van der Waals surface area contributed by atoms with Crippen molar-refractivity contribution in [1.29, 1.82) is 0 Å². The predicted molar refractivity (Wildman–Crippen MR) is 80.6 cm³/mol. The molecule has 0 aliphatic heterocycles. The van der Waals surface area contributed by atoms with Gasteiger partial charge in [0.05, 0.1) is 5.69 Å². The molecule has 4 heteroatoms. The summed E-state index contributed by atoms with van der Waals surface area (Å²) in [4.78, 5) is 2.56. The topological polar surface area (TPSA) is 47.1 Å². The van der Waals surface area contributed by atoms with Crippen LogP contribution in [0, 0.1) is 6.92 Å². The van der Waals surface area contributed by atoms with Gasteiger partial charge < -0.3 is 10.6 Å². The standard InChI is InChI=1S/C15H28N4/c1-4-19(13-8-6-5-7-9-13)15-14(10-11-16)12(2)17-18(15)3/h13H,4-11,16H2,1-3H3. The number of anilines is 1.